The summed E-state index contributed by atoms with van der Waals surface area (Å²) < 4.78 is 83.5. The molecule has 0 unspecified atom stereocenters. The van der Waals surface area contributed by atoms with Gasteiger partial charge in [-0.05, 0) is 98.4 Å². The number of anilines is 4. The van der Waals surface area contributed by atoms with Gasteiger partial charge in [0.05, 0.1) is 21.5 Å². The molecule has 0 saturated carbocycles. The van der Waals surface area contributed by atoms with Gasteiger partial charge in [0.25, 0.3) is 0 Å². The first kappa shape index (κ1) is 49.5. The number of benzene rings is 2. The van der Waals surface area contributed by atoms with E-state index in [-0.39, 0.29) is 23.8 Å². The van der Waals surface area contributed by atoms with Crippen LogP contribution < -0.4 is 20.4 Å². The molecule has 2 fully saturated rings. The van der Waals surface area contributed by atoms with Crippen LogP contribution in [0.15, 0.2) is 85.3 Å². The summed E-state index contributed by atoms with van der Waals surface area (Å²) in [7, 11) is 3.17. The zero-order valence-corrected chi connectivity index (χ0v) is 41.5. The zero-order chi connectivity index (χ0) is 51.3. The van der Waals surface area contributed by atoms with Crippen LogP contribution in [0, 0.1) is 11.8 Å². The van der Waals surface area contributed by atoms with Gasteiger partial charge in [-0.1, -0.05) is 49.7 Å². The lowest BCUT2D eigenvalue weighted by molar-refractivity contribution is -0.141. The van der Waals surface area contributed by atoms with E-state index in [4.69, 9.17) is 36.5 Å². The molecular formula is C52H53ClF6N14. The number of rotatable bonds is 12. The summed E-state index contributed by atoms with van der Waals surface area (Å²) in [6, 6.07) is 21.2. The summed E-state index contributed by atoms with van der Waals surface area (Å²) in [6.45, 7) is 9.13. The van der Waals surface area contributed by atoms with Crippen molar-refractivity contribution >= 4 is 57.2 Å². The average Bonchev–Trinajstić information content (AvgIpc) is 3.98. The highest BCUT2D eigenvalue weighted by Crippen LogP contribution is 2.38. The standard InChI is InChI=1S/C52H53ClF6N14/c1-29(2)34-13-12-33(25-38(34)48-66-43-36(10-8-20-60-43)46(69-48)62-30(3)32-18-23-73(24-19-32)50-65-42(28-71(50)5)52(57,58)59)40-15-14-37-44(67-45(68-47(37)63-40)35-9-6-7-11-39(35)53)61-26-31-16-21-72(22-17-31)49-64-41(27-70(49)4)51(54,55)56/h6-15,20,25,27-32H,16-19,21-24,26H2,1-5H3,(H,60,62,66,69)(H,61,63,67,68)/t30-/m1/s1. The predicted octanol–water partition coefficient (Wildman–Crippen LogP) is 11.7. The molecule has 8 heterocycles. The van der Waals surface area contributed by atoms with Gasteiger partial charge in [0.1, 0.15) is 11.6 Å². The van der Waals surface area contributed by atoms with E-state index < -0.39 is 23.7 Å². The van der Waals surface area contributed by atoms with Gasteiger partial charge in [-0.2, -0.15) is 26.3 Å². The molecule has 21 heteroatoms. The van der Waals surface area contributed by atoms with Gasteiger partial charge >= 0.3 is 12.4 Å². The van der Waals surface area contributed by atoms with Crippen LogP contribution in [0.25, 0.3) is 56.1 Å². The van der Waals surface area contributed by atoms with E-state index in [1.807, 2.05) is 58.3 Å². The average molecular weight is 1020 g/mol. The van der Waals surface area contributed by atoms with Gasteiger partial charge in [-0.15, -0.1) is 0 Å². The molecule has 0 aliphatic carbocycles. The predicted molar refractivity (Wildman–Crippen MR) is 271 cm³/mol. The number of imidazole rings is 2. The van der Waals surface area contributed by atoms with Crippen molar-refractivity contribution in [3.05, 3.63) is 107 Å². The van der Waals surface area contributed by atoms with Gasteiger partial charge in [0, 0.05) is 88.1 Å². The third-order valence-electron chi connectivity index (χ3n) is 14.0. The monoisotopic (exact) mass is 1020 g/mol. The van der Waals surface area contributed by atoms with Gasteiger partial charge < -0.3 is 29.6 Å². The fraction of sp³-hybridized carbons (Fsp3) is 0.385. The Morgan fingerprint density at radius 1 is 0.644 bits per heavy atom. The number of alkyl halides is 6. The minimum Gasteiger partial charge on any atom is -0.369 e. The molecule has 14 nitrogen and oxygen atoms in total. The number of hydrogen-bond donors (Lipinski definition) is 2. The molecule has 1 atom stereocenters. The Morgan fingerprint density at radius 3 is 1.88 bits per heavy atom. The highest BCUT2D eigenvalue weighted by molar-refractivity contribution is 6.33. The third kappa shape index (κ3) is 10.3. The van der Waals surface area contributed by atoms with Crippen LogP contribution in [0.5, 0.6) is 0 Å². The summed E-state index contributed by atoms with van der Waals surface area (Å²) in [5.41, 5.74) is 3.14. The quantitative estimate of drug-likeness (QED) is 0.112. The molecule has 10 rings (SSSR count). The van der Waals surface area contributed by atoms with E-state index >= 15 is 0 Å². The van der Waals surface area contributed by atoms with Crippen LogP contribution >= 0.6 is 11.6 Å². The fourth-order valence-electron chi connectivity index (χ4n) is 9.96. The lowest BCUT2D eigenvalue weighted by Crippen LogP contribution is -2.40. The Morgan fingerprint density at radius 2 is 1.25 bits per heavy atom. The van der Waals surface area contributed by atoms with E-state index in [0.717, 1.165) is 60.2 Å². The second kappa shape index (κ2) is 19.7. The normalized spacial score (nSPS) is 15.7. The number of nitrogens with one attached hydrogen (secondary N) is 2. The van der Waals surface area contributed by atoms with Crippen LogP contribution in [-0.4, -0.2) is 87.8 Å². The van der Waals surface area contributed by atoms with E-state index in [2.05, 4.69) is 58.5 Å². The molecule has 2 aromatic carbocycles. The summed E-state index contributed by atoms with van der Waals surface area (Å²) in [5.74, 6) is 3.23. The second-order valence-corrected chi connectivity index (χ2v) is 19.7. The van der Waals surface area contributed by atoms with Crippen molar-refractivity contribution < 1.29 is 26.3 Å². The molecule has 8 aromatic rings. The SMILES string of the molecule is CC(C)c1ccc(-c2ccc3c(NCC4CCN(c5nc(C(F)(F)F)cn5C)CC4)nc(-c4ccccc4Cl)nc3n2)cc1-c1nc(N[C@H](C)C2CCN(c3nc(C(F)(F)F)cn3C)CC2)c2cccnc2n1. The molecule has 2 aliphatic heterocycles. The van der Waals surface area contributed by atoms with Crippen molar-refractivity contribution in [3.8, 4) is 34.0 Å². The molecular weight excluding hydrogens is 970 g/mol. The summed E-state index contributed by atoms with van der Waals surface area (Å²) >= 11 is 6.71. The molecule has 0 spiro atoms. The van der Waals surface area contributed by atoms with Crippen LogP contribution in [0.4, 0.5) is 49.9 Å². The van der Waals surface area contributed by atoms with Crippen LogP contribution in [0.3, 0.4) is 0 Å². The molecule has 73 heavy (non-hydrogen) atoms. The number of pyridine rings is 2. The van der Waals surface area contributed by atoms with Crippen LogP contribution in [0.1, 0.15) is 69.3 Å². The topological polar surface area (TPSA) is 144 Å². The largest absolute Gasteiger partial charge is 0.434 e. The number of piperidine rings is 2. The number of aromatic nitrogens is 10. The minimum absolute atomic E-state index is 0.0429. The number of fused-ring (bicyclic) bond motifs is 2. The van der Waals surface area contributed by atoms with Crippen molar-refractivity contribution in [1.29, 1.82) is 0 Å². The maximum atomic E-state index is 13.4. The minimum atomic E-state index is -4.51. The Kier molecular flexibility index (Phi) is 13.4. The lowest BCUT2D eigenvalue weighted by atomic mass is 9.90. The van der Waals surface area contributed by atoms with Crippen molar-refractivity contribution in [1.82, 2.24) is 49.0 Å². The third-order valence-corrected chi connectivity index (χ3v) is 14.3. The van der Waals surface area contributed by atoms with Gasteiger partial charge in [0.2, 0.25) is 11.9 Å². The maximum absolute atomic E-state index is 13.4. The Bertz CT molecular complexity index is 3300. The van der Waals surface area contributed by atoms with Crippen LogP contribution in [-0.2, 0) is 26.4 Å². The highest BCUT2D eigenvalue weighted by Gasteiger charge is 2.37. The smallest absolute Gasteiger partial charge is 0.369 e. The second-order valence-electron chi connectivity index (χ2n) is 19.3. The van der Waals surface area contributed by atoms with Gasteiger partial charge in [0.15, 0.2) is 34.3 Å². The fourth-order valence-corrected chi connectivity index (χ4v) is 10.2. The van der Waals surface area contributed by atoms with Crippen molar-refractivity contribution in [2.45, 2.75) is 70.8 Å². The van der Waals surface area contributed by atoms with E-state index in [9.17, 15) is 26.3 Å². The van der Waals surface area contributed by atoms with E-state index in [1.165, 1.54) is 9.13 Å². The molecule has 6 aromatic heterocycles. The highest BCUT2D eigenvalue weighted by atomic mass is 35.5. The molecule has 2 N–H and O–H groups in total. The first-order chi connectivity index (χ1) is 34.9. The summed E-state index contributed by atoms with van der Waals surface area (Å²) in [5, 5.41) is 9.20. The maximum Gasteiger partial charge on any atom is 0.434 e. The Labute approximate surface area is 422 Å². The van der Waals surface area contributed by atoms with Crippen molar-refractivity contribution in [3.63, 3.8) is 0 Å². The Hall–Kier alpha value is -7.09. The summed E-state index contributed by atoms with van der Waals surface area (Å²) in [4.78, 5) is 41.6. The molecule has 2 aliphatic rings. The molecule has 0 amide bonds. The molecule has 380 valence electrons. The Balaban J connectivity index is 0.919. The first-order valence-corrected chi connectivity index (χ1v) is 24.7. The first-order valence-electron chi connectivity index (χ1n) is 24.3. The summed E-state index contributed by atoms with van der Waals surface area (Å²) in [6.07, 6.45) is -2.32. The molecule has 0 radical (unpaired) electrons. The number of aryl methyl sites for hydroxylation is 2. The van der Waals surface area contributed by atoms with Crippen LogP contribution in [0.2, 0.25) is 5.02 Å². The molecule has 2 saturated heterocycles. The number of nitrogens with zero attached hydrogens (tertiary/aromatic N) is 12. The van der Waals surface area contributed by atoms with E-state index in [0.29, 0.717) is 101 Å². The van der Waals surface area contributed by atoms with Gasteiger partial charge in [-0.3, -0.25) is 0 Å². The van der Waals surface area contributed by atoms with Gasteiger partial charge in [-0.25, -0.2) is 39.9 Å². The molecule has 0 bridgehead atoms. The zero-order valence-electron chi connectivity index (χ0n) is 40.8. The van der Waals surface area contributed by atoms with Crippen molar-refractivity contribution in [2.24, 2.45) is 25.9 Å². The van der Waals surface area contributed by atoms with E-state index in [1.54, 1.807) is 26.4 Å². The van der Waals surface area contributed by atoms with Crippen molar-refractivity contribution in [2.75, 3.05) is 53.2 Å². The lowest BCUT2D eigenvalue weighted by Gasteiger charge is -2.35. The number of hydrogen-bond acceptors (Lipinski definition) is 12. The number of halogens is 7.